The summed E-state index contributed by atoms with van der Waals surface area (Å²) in [7, 11) is -3.67. The molecular formula is C20H23N3O4S. The average Bonchev–Trinajstić information content (AvgIpc) is 2.65. The third kappa shape index (κ3) is 7.83. The second-order valence-corrected chi connectivity index (χ2v) is 7.74. The van der Waals surface area contributed by atoms with Gasteiger partial charge in [0.1, 0.15) is 0 Å². The van der Waals surface area contributed by atoms with Gasteiger partial charge in [-0.1, -0.05) is 48.5 Å². The van der Waals surface area contributed by atoms with E-state index in [-0.39, 0.29) is 5.91 Å². The van der Waals surface area contributed by atoms with Gasteiger partial charge in [0.05, 0.1) is 29.7 Å². The lowest BCUT2D eigenvalue weighted by Crippen LogP contribution is -2.36. The number of hydrogen-bond donors (Lipinski definition) is 3. The molecule has 0 spiro atoms. The van der Waals surface area contributed by atoms with Gasteiger partial charge in [-0.05, 0) is 30.5 Å². The Morgan fingerprint density at radius 3 is 2.43 bits per heavy atom. The number of fused-ring (bicyclic) bond motifs is 1. The fourth-order valence-electron chi connectivity index (χ4n) is 2.47. The van der Waals surface area contributed by atoms with Crippen molar-refractivity contribution in [1.82, 2.24) is 4.98 Å². The van der Waals surface area contributed by atoms with Gasteiger partial charge in [-0.25, -0.2) is 0 Å². The molecule has 1 aromatic heterocycles. The summed E-state index contributed by atoms with van der Waals surface area (Å²) in [5.41, 5.74) is 8.75. The van der Waals surface area contributed by atoms with Crippen LogP contribution in [0.5, 0.6) is 0 Å². The van der Waals surface area contributed by atoms with E-state index in [4.69, 9.17) is 10.3 Å². The van der Waals surface area contributed by atoms with Crippen LogP contribution in [0.25, 0.3) is 10.9 Å². The quantitative estimate of drug-likeness (QED) is 0.565. The molecule has 0 bridgehead atoms. The predicted octanol–water partition coefficient (Wildman–Crippen LogP) is 2.64. The van der Waals surface area contributed by atoms with Crippen LogP contribution in [0.1, 0.15) is 12.0 Å². The lowest BCUT2D eigenvalue weighted by molar-refractivity contribution is -0.117. The zero-order valence-electron chi connectivity index (χ0n) is 15.4. The lowest BCUT2D eigenvalue weighted by Gasteiger charge is -2.12. The number of pyridine rings is 1. The van der Waals surface area contributed by atoms with Crippen molar-refractivity contribution in [2.24, 2.45) is 5.73 Å². The maximum atomic E-state index is 12.2. The van der Waals surface area contributed by atoms with Crippen LogP contribution in [-0.2, 0) is 21.3 Å². The van der Waals surface area contributed by atoms with Crippen LogP contribution >= 0.6 is 0 Å². The number of nitrogens with zero attached hydrogens (tertiary/aromatic N) is 1. The molecule has 0 aliphatic carbocycles. The number of nitrogens with two attached hydrogens (primary N) is 1. The summed E-state index contributed by atoms with van der Waals surface area (Å²) in [6, 6.07) is 19.2. The minimum absolute atomic E-state index is 0.182. The molecule has 148 valence electrons. The number of rotatable bonds is 5. The second-order valence-electron chi connectivity index (χ2n) is 6.27. The monoisotopic (exact) mass is 401 g/mol. The first-order chi connectivity index (χ1) is 13.2. The highest BCUT2D eigenvalue weighted by Crippen LogP contribution is 2.16. The normalized spacial score (nSPS) is 12.0. The molecule has 8 heteroatoms. The van der Waals surface area contributed by atoms with E-state index in [0.717, 1.165) is 17.3 Å². The molecule has 0 unspecified atom stereocenters. The maximum absolute atomic E-state index is 12.2. The van der Waals surface area contributed by atoms with E-state index < -0.39 is 16.2 Å². The Hall–Kier alpha value is -2.81. The van der Waals surface area contributed by atoms with Crippen LogP contribution in [-0.4, -0.2) is 36.2 Å². The molecule has 0 saturated carbocycles. The van der Waals surface area contributed by atoms with Crippen molar-refractivity contribution in [2.45, 2.75) is 18.9 Å². The van der Waals surface area contributed by atoms with Gasteiger partial charge < -0.3 is 11.1 Å². The third-order valence-corrected chi connectivity index (χ3v) is 3.78. The molecule has 0 saturated heterocycles. The molecule has 1 heterocycles. The topological polar surface area (TPSA) is 122 Å². The van der Waals surface area contributed by atoms with Gasteiger partial charge in [0.15, 0.2) is 0 Å². The molecule has 4 N–H and O–H groups in total. The average molecular weight is 401 g/mol. The number of carbonyl (C=O) groups is 1. The fourth-order valence-corrected chi connectivity index (χ4v) is 2.47. The van der Waals surface area contributed by atoms with Crippen molar-refractivity contribution in [3.63, 3.8) is 0 Å². The van der Waals surface area contributed by atoms with E-state index in [2.05, 4.69) is 10.3 Å². The van der Waals surface area contributed by atoms with E-state index >= 15 is 0 Å². The SMILES string of the molecule is CS(=O)(=O)O.N[C@H](CCc1ccccc1)C(=O)Nc1cnc2ccccc2c1. The van der Waals surface area contributed by atoms with Crippen LogP contribution in [0.4, 0.5) is 5.69 Å². The van der Waals surface area contributed by atoms with Crippen LogP contribution < -0.4 is 11.1 Å². The van der Waals surface area contributed by atoms with Crippen LogP contribution in [0.2, 0.25) is 0 Å². The number of aromatic nitrogens is 1. The maximum Gasteiger partial charge on any atom is 0.261 e. The molecule has 0 aliphatic heterocycles. The van der Waals surface area contributed by atoms with Crippen molar-refractivity contribution in [3.8, 4) is 0 Å². The molecule has 2 aromatic carbocycles. The first-order valence-electron chi connectivity index (χ1n) is 8.60. The number of amides is 1. The number of hydrogen-bond acceptors (Lipinski definition) is 5. The summed E-state index contributed by atoms with van der Waals surface area (Å²) < 4.78 is 25.9. The lowest BCUT2D eigenvalue weighted by atomic mass is 10.1. The summed E-state index contributed by atoms with van der Waals surface area (Å²) in [6.45, 7) is 0. The van der Waals surface area contributed by atoms with E-state index in [1.807, 2.05) is 60.7 Å². The zero-order valence-corrected chi connectivity index (χ0v) is 16.3. The van der Waals surface area contributed by atoms with Gasteiger partial charge in [0.25, 0.3) is 10.1 Å². The first kappa shape index (κ1) is 21.5. The van der Waals surface area contributed by atoms with Gasteiger partial charge in [0.2, 0.25) is 5.91 Å². The Labute approximate surface area is 164 Å². The summed E-state index contributed by atoms with van der Waals surface area (Å²) in [6.07, 6.45) is 3.76. The van der Waals surface area contributed by atoms with Crippen LogP contribution in [0, 0.1) is 0 Å². The molecule has 1 amide bonds. The number of carbonyl (C=O) groups excluding carboxylic acids is 1. The van der Waals surface area contributed by atoms with E-state index in [1.165, 1.54) is 5.56 Å². The van der Waals surface area contributed by atoms with E-state index in [1.54, 1.807) is 6.20 Å². The molecule has 7 nitrogen and oxygen atoms in total. The van der Waals surface area contributed by atoms with Gasteiger partial charge in [-0.3, -0.25) is 14.3 Å². The van der Waals surface area contributed by atoms with Gasteiger partial charge in [-0.15, -0.1) is 0 Å². The third-order valence-electron chi connectivity index (χ3n) is 3.78. The minimum atomic E-state index is -3.67. The Bertz CT molecular complexity index is 1020. The number of anilines is 1. The Morgan fingerprint density at radius 1 is 1.14 bits per heavy atom. The highest BCUT2D eigenvalue weighted by molar-refractivity contribution is 7.85. The predicted molar refractivity (Wildman–Crippen MR) is 111 cm³/mol. The summed E-state index contributed by atoms with van der Waals surface area (Å²) >= 11 is 0. The first-order valence-corrected chi connectivity index (χ1v) is 10.4. The van der Waals surface area contributed by atoms with Crippen molar-refractivity contribution in [2.75, 3.05) is 11.6 Å². The number of aryl methyl sites for hydroxylation is 1. The highest BCUT2D eigenvalue weighted by atomic mass is 32.2. The number of para-hydroxylation sites is 1. The molecule has 28 heavy (non-hydrogen) atoms. The van der Waals surface area contributed by atoms with E-state index in [0.29, 0.717) is 18.4 Å². The van der Waals surface area contributed by atoms with Crippen LogP contribution in [0.3, 0.4) is 0 Å². The van der Waals surface area contributed by atoms with E-state index in [9.17, 15) is 13.2 Å². The number of benzene rings is 2. The summed E-state index contributed by atoms with van der Waals surface area (Å²) in [4.78, 5) is 16.5. The Balaban J connectivity index is 0.000000500. The fraction of sp³-hybridized carbons (Fsp3) is 0.200. The van der Waals surface area contributed by atoms with Crippen molar-refractivity contribution >= 4 is 32.6 Å². The zero-order chi connectivity index (χ0) is 20.6. The van der Waals surface area contributed by atoms with Crippen molar-refractivity contribution in [3.05, 3.63) is 72.4 Å². The number of nitrogens with one attached hydrogen (secondary N) is 1. The summed E-state index contributed by atoms with van der Waals surface area (Å²) in [5, 5.41) is 3.83. The summed E-state index contributed by atoms with van der Waals surface area (Å²) in [5.74, 6) is -0.182. The van der Waals surface area contributed by atoms with Crippen molar-refractivity contribution in [1.29, 1.82) is 0 Å². The van der Waals surface area contributed by atoms with Crippen LogP contribution in [0.15, 0.2) is 66.9 Å². The van der Waals surface area contributed by atoms with Gasteiger partial charge in [-0.2, -0.15) is 8.42 Å². The molecule has 0 aliphatic rings. The van der Waals surface area contributed by atoms with Crippen molar-refractivity contribution < 1.29 is 17.8 Å². The Kier molecular flexibility index (Phi) is 7.62. The largest absolute Gasteiger partial charge is 0.323 e. The molecule has 3 rings (SSSR count). The van der Waals surface area contributed by atoms with Gasteiger partial charge >= 0.3 is 0 Å². The molecule has 0 radical (unpaired) electrons. The molecular weight excluding hydrogens is 378 g/mol. The smallest absolute Gasteiger partial charge is 0.261 e. The highest BCUT2D eigenvalue weighted by Gasteiger charge is 2.14. The minimum Gasteiger partial charge on any atom is -0.323 e. The molecule has 0 fully saturated rings. The standard InChI is InChI=1S/C19H19N3O.CH4O3S/c20-17(11-10-14-6-2-1-3-7-14)19(23)22-16-12-15-8-4-5-9-18(15)21-13-16;1-5(2,3)4/h1-9,12-13,17H,10-11,20H2,(H,22,23);1H3,(H,2,3,4)/t17-;/m1./s1. The second kappa shape index (κ2) is 9.93. The van der Waals surface area contributed by atoms with Gasteiger partial charge in [0, 0.05) is 5.39 Å². The molecule has 1 atom stereocenters. The Morgan fingerprint density at radius 2 is 1.75 bits per heavy atom. The molecule has 3 aromatic rings.